The number of amides is 1. The van der Waals surface area contributed by atoms with Gasteiger partial charge in [-0.25, -0.2) is 13.8 Å². The van der Waals surface area contributed by atoms with Crippen LogP contribution in [-0.4, -0.2) is 58.4 Å². The summed E-state index contributed by atoms with van der Waals surface area (Å²) in [6.07, 6.45) is 2.84. The van der Waals surface area contributed by atoms with Crippen LogP contribution in [0.25, 0.3) is 0 Å². The summed E-state index contributed by atoms with van der Waals surface area (Å²) in [5.74, 6) is -0.301. The maximum atomic E-state index is 12.1. The van der Waals surface area contributed by atoms with Gasteiger partial charge in [-0.05, 0) is 31.3 Å². The van der Waals surface area contributed by atoms with E-state index in [0.29, 0.717) is 11.3 Å². The van der Waals surface area contributed by atoms with Crippen LogP contribution in [-0.2, 0) is 10.0 Å². The Morgan fingerprint density at radius 3 is 2.30 bits per heavy atom. The summed E-state index contributed by atoms with van der Waals surface area (Å²) in [4.78, 5) is 14.3. The van der Waals surface area contributed by atoms with Gasteiger partial charge in [0.2, 0.25) is 10.0 Å². The lowest BCUT2D eigenvalue weighted by atomic mass is 10.1. The third-order valence-electron chi connectivity index (χ3n) is 3.87. The van der Waals surface area contributed by atoms with E-state index < -0.39 is 10.0 Å². The van der Waals surface area contributed by atoms with Crippen molar-refractivity contribution in [2.24, 2.45) is 5.10 Å². The van der Waals surface area contributed by atoms with E-state index in [0.717, 1.165) is 42.2 Å². The molecule has 0 unspecified atom stereocenters. The van der Waals surface area contributed by atoms with Crippen molar-refractivity contribution in [1.82, 2.24) is 10.3 Å². The van der Waals surface area contributed by atoms with Crippen LogP contribution in [0.3, 0.4) is 0 Å². The van der Waals surface area contributed by atoms with Crippen molar-refractivity contribution in [3.05, 3.63) is 29.8 Å². The molecule has 0 aromatic heterocycles. The van der Waals surface area contributed by atoms with Gasteiger partial charge in [0.1, 0.15) is 0 Å². The van der Waals surface area contributed by atoms with Gasteiger partial charge in [-0.1, -0.05) is 0 Å². The summed E-state index contributed by atoms with van der Waals surface area (Å²) < 4.78 is 24.1. The normalized spacial score (nSPS) is 16.0. The predicted molar refractivity (Wildman–Crippen MR) is 91.3 cm³/mol. The van der Waals surface area contributed by atoms with Gasteiger partial charge < -0.3 is 4.90 Å². The Kier molecular flexibility index (Phi) is 5.38. The van der Waals surface area contributed by atoms with Gasteiger partial charge in [-0.2, -0.15) is 5.10 Å². The van der Waals surface area contributed by atoms with Gasteiger partial charge in [0.25, 0.3) is 5.91 Å². The van der Waals surface area contributed by atoms with Crippen molar-refractivity contribution in [1.29, 1.82) is 0 Å². The Morgan fingerprint density at radius 2 is 1.78 bits per heavy atom. The molecule has 8 heteroatoms. The summed E-state index contributed by atoms with van der Waals surface area (Å²) in [6, 6.07) is 6.36. The summed E-state index contributed by atoms with van der Waals surface area (Å²) in [6.45, 7) is 1.89. The Labute approximate surface area is 137 Å². The van der Waals surface area contributed by atoms with Crippen LogP contribution in [0.5, 0.6) is 0 Å². The van der Waals surface area contributed by atoms with Crippen LogP contribution >= 0.6 is 0 Å². The van der Waals surface area contributed by atoms with Gasteiger partial charge in [-0.15, -0.1) is 0 Å². The first-order valence-corrected chi connectivity index (χ1v) is 9.20. The molecule has 1 fully saturated rings. The molecule has 0 radical (unpaired) electrons. The molecule has 23 heavy (non-hydrogen) atoms. The molecule has 126 valence electrons. The number of hydrogen-bond donors (Lipinski definition) is 1. The maximum Gasteiger partial charge on any atom is 0.271 e. The lowest BCUT2D eigenvalue weighted by Gasteiger charge is -2.22. The van der Waals surface area contributed by atoms with Gasteiger partial charge in [0.05, 0.1) is 11.9 Å². The molecule has 0 saturated carbocycles. The summed E-state index contributed by atoms with van der Waals surface area (Å²) >= 11 is 0. The average molecular weight is 338 g/mol. The first kappa shape index (κ1) is 17.4. The summed E-state index contributed by atoms with van der Waals surface area (Å²) in [5.41, 5.74) is 4.49. The van der Waals surface area contributed by atoms with Crippen LogP contribution < -0.4 is 9.73 Å². The minimum atomic E-state index is -3.31. The van der Waals surface area contributed by atoms with Crippen LogP contribution in [0.4, 0.5) is 5.69 Å². The second kappa shape index (κ2) is 7.10. The second-order valence-corrected chi connectivity index (χ2v) is 7.71. The van der Waals surface area contributed by atoms with E-state index in [-0.39, 0.29) is 5.91 Å². The van der Waals surface area contributed by atoms with E-state index in [4.69, 9.17) is 0 Å². The predicted octanol–water partition coefficient (Wildman–Crippen LogP) is 0.894. The first-order valence-electron chi connectivity index (χ1n) is 7.35. The zero-order chi connectivity index (χ0) is 17.0. The smallest absolute Gasteiger partial charge is 0.271 e. The molecule has 0 atom stereocenters. The molecular weight excluding hydrogens is 316 g/mol. The first-order chi connectivity index (χ1) is 10.8. The van der Waals surface area contributed by atoms with E-state index in [1.54, 1.807) is 24.3 Å². The molecular formula is C15H22N4O3S. The molecule has 0 aliphatic carbocycles. The highest BCUT2D eigenvalue weighted by Gasteiger charge is 2.14. The number of likely N-dealkylation sites (tertiary alicyclic amines) is 1. The van der Waals surface area contributed by atoms with E-state index in [2.05, 4.69) is 22.5 Å². The average Bonchev–Trinajstić information content (AvgIpc) is 2.52. The van der Waals surface area contributed by atoms with Crippen molar-refractivity contribution >= 4 is 27.3 Å². The molecule has 7 nitrogen and oxygen atoms in total. The highest BCUT2D eigenvalue weighted by atomic mass is 32.2. The largest absolute Gasteiger partial charge is 0.306 e. The van der Waals surface area contributed by atoms with Gasteiger partial charge in [-0.3, -0.25) is 9.10 Å². The molecule has 2 rings (SSSR count). The Morgan fingerprint density at radius 1 is 1.22 bits per heavy atom. The lowest BCUT2D eigenvalue weighted by Crippen LogP contribution is -2.32. The highest BCUT2D eigenvalue weighted by molar-refractivity contribution is 7.92. The number of nitrogens with one attached hydrogen (secondary N) is 1. The topological polar surface area (TPSA) is 82.1 Å². The fraction of sp³-hybridized carbons (Fsp3) is 0.467. The molecule has 1 amide bonds. The van der Waals surface area contributed by atoms with Gasteiger partial charge in [0, 0.05) is 44.3 Å². The van der Waals surface area contributed by atoms with Crippen LogP contribution in [0.15, 0.2) is 29.4 Å². The van der Waals surface area contributed by atoms with Crippen molar-refractivity contribution < 1.29 is 13.2 Å². The highest BCUT2D eigenvalue weighted by Crippen LogP contribution is 2.16. The number of piperidine rings is 1. The molecule has 1 N–H and O–H groups in total. The van der Waals surface area contributed by atoms with Crippen molar-refractivity contribution in [2.45, 2.75) is 12.8 Å². The third kappa shape index (κ3) is 4.77. The fourth-order valence-electron chi connectivity index (χ4n) is 2.20. The summed E-state index contributed by atoms with van der Waals surface area (Å²) in [7, 11) is 0.217. The Hall–Kier alpha value is -1.93. The SMILES string of the molecule is CN1CCC(=NNC(=O)c2ccc(N(C)S(C)(=O)=O)cc2)CC1. The Balaban J connectivity index is 1.99. The molecule has 1 aromatic rings. The van der Waals surface area contributed by atoms with Crippen LogP contribution in [0.2, 0.25) is 0 Å². The van der Waals surface area contributed by atoms with Crippen molar-refractivity contribution in [3.8, 4) is 0 Å². The molecule has 0 spiro atoms. The Bertz CT molecular complexity index is 688. The minimum absolute atomic E-state index is 0.301. The number of hydrazone groups is 1. The quantitative estimate of drug-likeness (QED) is 0.827. The molecule has 1 aliphatic rings. The fourth-order valence-corrected chi connectivity index (χ4v) is 2.70. The summed E-state index contributed by atoms with van der Waals surface area (Å²) in [5, 5.41) is 4.17. The van der Waals surface area contributed by atoms with E-state index in [9.17, 15) is 13.2 Å². The maximum absolute atomic E-state index is 12.1. The van der Waals surface area contributed by atoms with Crippen molar-refractivity contribution in [2.75, 3.05) is 37.7 Å². The van der Waals surface area contributed by atoms with Gasteiger partial charge >= 0.3 is 0 Å². The monoisotopic (exact) mass is 338 g/mol. The van der Waals surface area contributed by atoms with Crippen molar-refractivity contribution in [3.63, 3.8) is 0 Å². The minimum Gasteiger partial charge on any atom is -0.306 e. The van der Waals surface area contributed by atoms with Crippen LogP contribution in [0.1, 0.15) is 23.2 Å². The van der Waals surface area contributed by atoms with E-state index in [1.807, 2.05) is 0 Å². The molecule has 1 heterocycles. The number of sulfonamides is 1. The number of carbonyl (C=O) groups excluding carboxylic acids is 1. The molecule has 1 aromatic carbocycles. The number of carbonyl (C=O) groups is 1. The lowest BCUT2D eigenvalue weighted by molar-refractivity contribution is 0.0954. The van der Waals surface area contributed by atoms with Gasteiger partial charge in [0.15, 0.2) is 0 Å². The zero-order valence-corrected chi connectivity index (χ0v) is 14.4. The number of anilines is 1. The zero-order valence-electron chi connectivity index (χ0n) is 13.6. The molecule has 1 saturated heterocycles. The molecule has 0 bridgehead atoms. The second-order valence-electron chi connectivity index (χ2n) is 5.70. The standard InChI is InChI=1S/C15H22N4O3S/c1-18-10-8-13(9-11-18)16-17-15(20)12-4-6-14(7-5-12)19(2)23(3,21)22/h4-7H,8-11H2,1-3H3,(H,17,20). The third-order valence-corrected chi connectivity index (χ3v) is 5.08. The molecule has 1 aliphatic heterocycles. The number of benzene rings is 1. The number of hydrogen-bond acceptors (Lipinski definition) is 5. The number of nitrogens with zero attached hydrogens (tertiary/aromatic N) is 3. The van der Waals surface area contributed by atoms with E-state index in [1.165, 1.54) is 7.05 Å². The van der Waals surface area contributed by atoms with E-state index >= 15 is 0 Å². The van der Waals surface area contributed by atoms with Crippen LogP contribution in [0, 0.1) is 0 Å². The number of rotatable bonds is 4.